The summed E-state index contributed by atoms with van der Waals surface area (Å²) in [7, 11) is -1.67. The van der Waals surface area contributed by atoms with Gasteiger partial charge in [-0.25, -0.2) is 12.7 Å². The number of hydrogen-bond donors (Lipinski definition) is 0. The Balaban J connectivity index is 2.89. The first-order chi connectivity index (χ1) is 7.48. The molecule has 0 aliphatic heterocycles. The number of sulfonamides is 1. The van der Waals surface area contributed by atoms with Crippen LogP contribution in [0.25, 0.3) is 0 Å². The van der Waals surface area contributed by atoms with Gasteiger partial charge in [0.2, 0.25) is 10.0 Å². The molecular weight excluding hydrogens is 337 g/mol. The van der Waals surface area contributed by atoms with Gasteiger partial charge in [-0.2, -0.15) is 0 Å². The Morgan fingerprint density at radius 2 is 1.81 bits per heavy atom. The van der Waals surface area contributed by atoms with Gasteiger partial charge in [0.25, 0.3) is 0 Å². The van der Waals surface area contributed by atoms with Crippen molar-refractivity contribution in [1.29, 1.82) is 0 Å². The van der Waals surface area contributed by atoms with E-state index in [1.54, 1.807) is 31.3 Å². The van der Waals surface area contributed by atoms with Crippen LogP contribution in [0.2, 0.25) is 0 Å². The zero-order valence-electron chi connectivity index (χ0n) is 9.48. The van der Waals surface area contributed by atoms with Crippen molar-refractivity contribution in [2.24, 2.45) is 0 Å². The van der Waals surface area contributed by atoms with Crippen LogP contribution in [0.15, 0.2) is 29.2 Å². The van der Waals surface area contributed by atoms with Crippen molar-refractivity contribution in [3.8, 4) is 0 Å². The number of rotatable bonds is 5. The van der Waals surface area contributed by atoms with Crippen LogP contribution in [0, 0.1) is 3.57 Å². The second kappa shape index (κ2) is 5.97. The standard InChI is InChI=1S/C11H16INO2S/c1-3-4-9-13(2)16(14,15)11-7-5-10(12)6-8-11/h5-8H,3-4,9H2,1-2H3. The summed E-state index contributed by atoms with van der Waals surface area (Å²) in [4.78, 5) is 0.367. The SMILES string of the molecule is CCCCN(C)S(=O)(=O)c1ccc(I)cc1. The van der Waals surface area contributed by atoms with Gasteiger partial charge in [-0.1, -0.05) is 13.3 Å². The molecule has 5 heteroatoms. The highest BCUT2D eigenvalue weighted by Crippen LogP contribution is 2.16. The fraction of sp³-hybridized carbons (Fsp3) is 0.455. The van der Waals surface area contributed by atoms with E-state index in [2.05, 4.69) is 22.6 Å². The summed E-state index contributed by atoms with van der Waals surface area (Å²) in [5.74, 6) is 0. The quantitative estimate of drug-likeness (QED) is 0.764. The van der Waals surface area contributed by atoms with Crippen molar-refractivity contribution in [2.75, 3.05) is 13.6 Å². The fourth-order valence-corrected chi connectivity index (χ4v) is 2.86. The predicted octanol–water partition coefficient (Wildman–Crippen LogP) is 2.71. The first-order valence-corrected chi connectivity index (χ1v) is 7.72. The van der Waals surface area contributed by atoms with Crippen molar-refractivity contribution >= 4 is 32.6 Å². The van der Waals surface area contributed by atoms with E-state index in [0.717, 1.165) is 16.4 Å². The third-order valence-electron chi connectivity index (χ3n) is 2.35. The Hall–Kier alpha value is -0.140. The highest BCUT2D eigenvalue weighted by Gasteiger charge is 2.19. The van der Waals surface area contributed by atoms with Gasteiger partial charge in [0.15, 0.2) is 0 Å². The Kier molecular flexibility index (Phi) is 5.20. The lowest BCUT2D eigenvalue weighted by Crippen LogP contribution is -2.27. The summed E-state index contributed by atoms with van der Waals surface area (Å²) < 4.78 is 26.6. The molecule has 0 unspecified atom stereocenters. The topological polar surface area (TPSA) is 37.4 Å². The molecule has 0 radical (unpaired) electrons. The van der Waals surface area contributed by atoms with Crippen molar-refractivity contribution in [2.45, 2.75) is 24.7 Å². The molecule has 0 saturated heterocycles. The Bertz CT molecular complexity index is 428. The van der Waals surface area contributed by atoms with Crippen molar-refractivity contribution < 1.29 is 8.42 Å². The van der Waals surface area contributed by atoms with E-state index in [9.17, 15) is 8.42 Å². The molecule has 0 aliphatic carbocycles. The Labute approximate surface area is 111 Å². The molecule has 90 valence electrons. The van der Waals surface area contributed by atoms with Crippen molar-refractivity contribution in [1.82, 2.24) is 4.31 Å². The Morgan fingerprint density at radius 1 is 1.25 bits per heavy atom. The van der Waals surface area contributed by atoms with Crippen LogP contribution in [0.3, 0.4) is 0 Å². The minimum absolute atomic E-state index is 0.367. The van der Waals surface area contributed by atoms with E-state index in [1.807, 2.05) is 6.92 Å². The molecule has 16 heavy (non-hydrogen) atoms. The van der Waals surface area contributed by atoms with Crippen LogP contribution >= 0.6 is 22.6 Å². The summed E-state index contributed by atoms with van der Waals surface area (Å²) in [6.07, 6.45) is 1.88. The van der Waals surface area contributed by atoms with Crippen LogP contribution in [0.1, 0.15) is 19.8 Å². The third-order valence-corrected chi connectivity index (χ3v) is 4.94. The molecule has 0 aromatic heterocycles. The molecule has 0 aliphatic rings. The number of halogens is 1. The van der Waals surface area contributed by atoms with Gasteiger partial charge in [0.1, 0.15) is 0 Å². The minimum Gasteiger partial charge on any atom is -0.207 e. The summed E-state index contributed by atoms with van der Waals surface area (Å²) in [5, 5.41) is 0. The first kappa shape index (κ1) is 13.9. The number of unbranched alkanes of at least 4 members (excludes halogenated alkanes) is 1. The van der Waals surface area contributed by atoms with Gasteiger partial charge >= 0.3 is 0 Å². The highest BCUT2D eigenvalue weighted by molar-refractivity contribution is 14.1. The minimum atomic E-state index is -3.30. The lowest BCUT2D eigenvalue weighted by atomic mass is 10.3. The zero-order chi connectivity index (χ0) is 12.2. The second-order valence-electron chi connectivity index (χ2n) is 3.63. The lowest BCUT2D eigenvalue weighted by Gasteiger charge is -2.16. The van der Waals surface area contributed by atoms with Crippen molar-refractivity contribution in [3.63, 3.8) is 0 Å². The van der Waals surface area contributed by atoms with E-state index in [1.165, 1.54) is 4.31 Å². The maximum atomic E-state index is 12.1. The van der Waals surface area contributed by atoms with Crippen molar-refractivity contribution in [3.05, 3.63) is 27.8 Å². The largest absolute Gasteiger partial charge is 0.242 e. The first-order valence-electron chi connectivity index (χ1n) is 5.20. The van der Waals surface area contributed by atoms with Gasteiger partial charge in [0.05, 0.1) is 4.90 Å². The monoisotopic (exact) mass is 353 g/mol. The highest BCUT2D eigenvalue weighted by atomic mass is 127. The van der Waals surface area contributed by atoms with E-state index < -0.39 is 10.0 Å². The number of nitrogens with zero attached hydrogens (tertiary/aromatic N) is 1. The van der Waals surface area contributed by atoms with E-state index >= 15 is 0 Å². The van der Waals surface area contributed by atoms with Gasteiger partial charge in [-0.3, -0.25) is 0 Å². The number of benzene rings is 1. The average Bonchev–Trinajstić information content (AvgIpc) is 2.26. The van der Waals surface area contributed by atoms with E-state index in [4.69, 9.17) is 0 Å². The molecule has 0 spiro atoms. The van der Waals surface area contributed by atoms with Crippen LogP contribution < -0.4 is 0 Å². The summed E-state index contributed by atoms with van der Waals surface area (Å²) in [5.41, 5.74) is 0. The van der Waals surface area contributed by atoms with E-state index in [-0.39, 0.29) is 0 Å². The molecule has 1 aromatic rings. The summed E-state index contributed by atoms with van der Waals surface area (Å²) >= 11 is 2.16. The predicted molar refractivity (Wildman–Crippen MR) is 73.9 cm³/mol. The smallest absolute Gasteiger partial charge is 0.207 e. The molecule has 0 saturated carbocycles. The average molecular weight is 353 g/mol. The van der Waals surface area contributed by atoms with E-state index in [0.29, 0.717) is 11.4 Å². The lowest BCUT2D eigenvalue weighted by molar-refractivity contribution is 0.459. The normalized spacial score (nSPS) is 12.0. The van der Waals surface area contributed by atoms with Crippen LogP contribution in [-0.4, -0.2) is 26.3 Å². The molecule has 3 nitrogen and oxygen atoms in total. The Morgan fingerprint density at radius 3 is 2.31 bits per heavy atom. The third kappa shape index (κ3) is 3.43. The second-order valence-corrected chi connectivity index (χ2v) is 6.92. The molecule has 0 N–H and O–H groups in total. The fourth-order valence-electron chi connectivity index (χ4n) is 1.29. The molecule has 0 heterocycles. The molecule has 0 amide bonds. The van der Waals surface area contributed by atoms with Crippen LogP contribution in [0.4, 0.5) is 0 Å². The molecule has 1 rings (SSSR count). The van der Waals surface area contributed by atoms with Crippen LogP contribution in [-0.2, 0) is 10.0 Å². The molecule has 0 atom stereocenters. The summed E-state index contributed by atoms with van der Waals surface area (Å²) in [6.45, 7) is 2.62. The summed E-state index contributed by atoms with van der Waals surface area (Å²) in [6, 6.07) is 6.92. The van der Waals surface area contributed by atoms with Gasteiger partial charge in [-0.05, 0) is 53.3 Å². The zero-order valence-corrected chi connectivity index (χ0v) is 12.5. The molecule has 0 fully saturated rings. The van der Waals surface area contributed by atoms with Crippen LogP contribution in [0.5, 0.6) is 0 Å². The molecule has 1 aromatic carbocycles. The maximum Gasteiger partial charge on any atom is 0.242 e. The molecule has 0 bridgehead atoms. The van der Waals surface area contributed by atoms with Gasteiger partial charge < -0.3 is 0 Å². The molecular formula is C11H16INO2S. The number of hydrogen-bond acceptors (Lipinski definition) is 2. The van der Waals surface area contributed by atoms with Gasteiger partial charge in [-0.15, -0.1) is 0 Å². The van der Waals surface area contributed by atoms with Gasteiger partial charge in [0, 0.05) is 17.2 Å². The maximum absolute atomic E-state index is 12.1.